The molecule has 1 rings (SSSR count). The molecule has 112 heavy (non-hydrogen) atoms. The highest BCUT2D eigenvalue weighted by molar-refractivity contribution is 4.76. The molecule has 1 fully saturated rings. The summed E-state index contributed by atoms with van der Waals surface area (Å²) in [6.45, 7) is 28.1. The second-order valence-electron chi connectivity index (χ2n) is 35.6. The van der Waals surface area contributed by atoms with Gasteiger partial charge >= 0.3 is 0 Å². The number of aliphatic hydroxyl groups is 5. The SMILES string of the molecule is CCCCCCCCCCCCCCC(O)CN(CCOCCOCCN(CC(O)CCCCCCCCCCCCCC)CC(O)CCCCCCCCCCCCCC)CCN1CCN(CCOCCOCCN(CC(O)CCCCCCCCCCCCCC)CC(O)CCCCCCCCCCCCCC)CC1. The number of unbranched alkanes of at least 4 members (excludes halogenated alkanes) is 55. The zero-order valence-corrected chi connectivity index (χ0v) is 76.2. The van der Waals surface area contributed by atoms with Gasteiger partial charge in [0.1, 0.15) is 0 Å². The largest absolute Gasteiger partial charge is 0.392 e. The highest BCUT2D eigenvalue weighted by Crippen LogP contribution is 2.21. The fourth-order valence-electron chi connectivity index (χ4n) is 16.8. The van der Waals surface area contributed by atoms with Gasteiger partial charge in [0, 0.05) is 98.2 Å². The third-order valence-corrected chi connectivity index (χ3v) is 24.4. The Bertz CT molecular complexity index is 1690. The van der Waals surface area contributed by atoms with Gasteiger partial charge in [0.15, 0.2) is 0 Å². The van der Waals surface area contributed by atoms with Crippen LogP contribution in [0.2, 0.25) is 0 Å². The second kappa shape index (κ2) is 89.7. The van der Waals surface area contributed by atoms with Crippen LogP contribution >= 0.6 is 0 Å². The van der Waals surface area contributed by atoms with Crippen molar-refractivity contribution in [1.82, 2.24) is 24.5 Å². The molecule has 672 valence electrons. The van der Waals surface area contributed by atoms with E-state index in [0.717, 1.165) is 117 Å². The monoisotopic (exact) mass is 1590 g/mol. The van der Waals surface area contributed by atoms with E-state index in [1.54, 1.807) is 0 Å². The van der Waals surface area contributed by atoms with E-state index < -0.39 is 12.2 Å². The Balaban J connectivity index is 2.68. The molecule has 1 aliphatic rings. The van der Waals surface area contributed by atoms with Gasteiger partial charge in [-0.15, -0.1) is 0 Å². The van der Waals surface area contributed by atoms with E-state index in [1.165, 1.54) is 353 Å². The maximum atomic E-state index is 11.4. The summed E-state index contributed by atoms with van der Waals surface area (Å²) in [5.41, 5.74) is 0. The highest BCUT2D eigenvalue weighted by atomic mass is 16.5. The average molecular weight is 1590 g/mol. The first kappa shape index (κ1) is 109. The summed E-state index contributed by atoms with van der Waals surface area (Å²) >= 11 is 0. The molecule has 0 aromatic heterocycles. The Morgan fingerprint density at radius 3 is 0.580 bits per heavy atom. The number of hydrogen-bond acceptors (Lipinski definition) is 14. The number of aliphatic hydroxyl groups excluding tert-OH is 5. The van der Waals surface area contributed by atoms with Crippen molar-refractivity contribution in [1.29, 1.82) is 0 Å². The molecule has 0 radical (unpaired) electrons. The lowest BCUT2D eigenvalue weighted by atomic mass is 10.0. The van der Waals surface area contributed by atoms with E-state index in [9.17, 15) is 25.5 Å². The van der Waals surface area contributed by atoms with Crippen LogP contribution in [0.5, 0.6) is 0 Å². The van der Waals surface area contributed by atoms with Crippen LogP contribution in [0, 0.1) is 0 Å². The van der Waals surface area contributed by atoms with E-state index in [2.05, 4.69) is 59.1 Å². The van der Waals surface area contributed by atoms with Gasteiger partial charge in [-0.05, 0) is 32.1 Å². The van der Waals surface area contributed by atoms with Crippen LogP contribution in [-0.2, 0) is 18.9 Å². The maximum absolute atomic E-state index is 11.4. The molecular weight excluding hydrogens is 1390 g/mol. The summed E-state index contributed by atoms with van der Waals surface area (Å²) in [6.07, 6.45) is 81.3. The van der Waals surface area contributed by atoms with E-state index in [0.29, 0.717) is 98.7 Å². The van der Waals surface area contributed by atoms with Crippen molar-refractivity contribution in [3.05, 3.63) is 0 Å². The summed E-state index contributed by atoms with van der Waals surface area (Å²) in [5, 5.41) is 56.5. The normalized spacial score (nSPS) is 14.7. The predicted molar refractivity (Wildman–Crippen MR) is 484 cm³/mol. The van der Waals surface area contributed by atoms with Crippen molar-refractivity contribution in [2.75, 3.05) is 151 Å². The quantitative estimate of drug-likeness (QED) is 0.0367. The van der Waals surface area contributed by atoms with Gasteiger partial charge in [-0.1, -0.05) is 420 Å². The topological polar surface area (TPSA) is 154 Å². The van der Waals surface area contributed by atoms with Crippen molar-refractivity contribution in [3.8, 4) is 0 Å². The lowest BCUT2D eigenvalue weighted by Gasteiger charge is -2.36. The van der Waals surface area contributed by atoms with E-state index in [-0.39, 0.29) is 18.3 Å². The van der Waals surface area contributed by atoms with Crippen molar-refractivity contribution in [2.24, 2.45) is 0 Å². The molecular formula is C98H201N5O9. The maximum Gasteiger partial charge on any atom is 0.0701 e. The second-order valence-corrected chi connectivity index (χ2v) is 35.6. The first-order valence-electron chi connectivity index (χ1n) is 50.5. The minimum Gasteiger partial charge on any atom is -0.392 e. The lowest BCUT2D eigenvalue weighted by Crippen LogP contribution is -2.49. The molecule has 0 spiro atoms. The third kappa shape index (κ3) is 80.5. The predicted octanol–water partition coefficient (Wildman–Crippen LogP) is 23.8. The minimum absolute atomic E-state index is 0.340. The van der Waals surface area contributed by atoms with Gasteiger partial charge < -0.3 is 44.5 Å². The first-order chi connectivity index (χ1) is 55.1. The van der Waals surface area contributed by atoms with Crippen molar-refractivity contribution in [3.63, 3.8) is 0 Å². The number of nitrogens with zero attached hydrogens (tertiary/aromatic N) is 5. The van der Waals surface area contributed by atoms with Crippen LogP contribution in [0.4, 0.5) is 0 Å². The molecule has 5 unspecified atom stereocenters. The fraction of sp³-hybridized carbons (Fsp3) is 1.00. The molecule has 0 aromatic rings. The van der Waals surface area contributed by atoms with Gasteiger partial charge in [0.05, 0.1) is 83.4 Å². The van der Waals surface area contributed by atoms with E-state index >= 15 is 0 Å². The molecule has 1 aliphatic heterocycles. The Morgan fingerprint density at radius 1 is 0.196 bits per heavy atom. The number of piperazine rings is 1. The Morgan fingerprint density at radius 2 is 0.366 bits per heavy atom. The van der Waals surface area contributed by atoms with E-state index in [1.807, 2.05) is 0 Å². The van der Waals surface area contributed by atoms with Gasteiger partial charge in [-0.25, -0.2) is 0 Å². The summed E-state index contributed by atoms with van der Waals surface area (Å²) in [7, 11) is 0. The molecule has 14 nitrogen and oxygen atoms in total. The van der Waals surface area contributed by atoms with Crippen LogP contribution in [0.15, 0.2) is 0 Å². The lowest BCUT2D eigenvalue weighted by molar-refractivity contribution is 0.00932. The van der Waals surface area contributed by atoms with E-state index in [4.69, 9.17) is 18.9 Å². The van der Waals surface area contributed by atoms with Gasteiger partial charge in [0.2, 0.25) is 0 Å². The summed E-state index contributed by atoms with van der Waals surface area (Å²) in [5.74, 6) is 0. The Hall–Kier alpha value is -0.560. The number of rotatable bonds is 96. The smallest absolute Gasteiger partial charge is 0.0701 e. The van der Waals surface area contributed by atoms with Crippen LogP contribution in [0.3, 0.4) is 0 Å². The molecule has 14 heteroatoms. The zero-order valence-electron chi connectivity index (χ0n) is 76.2. The van der Waals surface area contributed by atoms with Gasteiger partial charge in [0.25, 0.3) is 0 Å². The van der Waals surface area contributed by atoms with Crippen LogP contribution < -0.4 is 0 Å². The van der Waals surface area contributed by atoms with Crippen molar-refractivity contribution < 1.29 is 44.5 Å². The summed E-state index contributed by atoms with van der Waals surface area (Å²) < 4.78 is 24.8. The molecule has 5 N–H and O–H groups in total. The molecule has 0 amide bonds. The molecule has 1 saturated heterocycles. The number of hydrogen-bond donors (Lipinski definition) is 5. The van der Waals surface area contributed by atoms with Crippen molar-refractivity contribution >= 4 is 0 Å². The zero-order chi connectivity index (χ0) is 80.8. The standard InChI is InChI=1S/C98H201N5O9/c1-6-11-16-21-26-31-36-41-46-51-56-61-66-94(104)89-101(78-82-110-86-88-112-84-80-103(92-97(107)69-64-59-54-49-44-39-34-29-24-19-14-9-4)93-98(108)70-65-60-55-50-45-40-35-30-25-20-15-10-5)76-75-99-71-73-100(74-72-99)77-81-109-85-87-111-83-79-102(90-95(105)67-62-57-52-47-42-37-32-27-22-17-12-7-2)91-96(106)68-63-58-53-48-43-38-33-28-23-18-13-8-3/h94-98,104-108H,6-93H2,1-5H3. The van der Waals surface area contributed by atoms with Gasteiger partial charge in [-0.3, -0.25) is 24.5 Å². The highest BCUT2D eigenvalue weighted by Gasteiger charge is 2.21. The molecule has 0 saturated carbocycles. The summed E-state index contributed by atoms with van der Waals surface area (Å²) in [6, 6.07) is 0. The Kier molecular flexibility index (Phi) is 87.6. The molecule has 0 bridgehead atoms. The molecule has 1 heterocycles. The number of ether oxygens (including phenoxy) is 4. The fourth-order valence-corrected chi connectivity index (χ4v) is 16.8. The molecule has 0 aliphatic carbocycles. The Labute approximate surface area is 698 Å². The van der Waals surface area contributed by atoms with Crippen LogP contribution in [-0.4, -0.2) is 232 Å². The van der Waals surface area contributed by atoms with Crippen LogP contribution in [0.25, 0.3) is 0 Å². The first-order valence-corrected chi connectivity index (χ1v) is 50.5. The minimum atomic E-state index is -0.393. The third-order valence-electron chi connectivity index (χ3n) is 24.4. The molecule has 0 aromatic carbocycles. The van der Waals surface area contributed by atoms with Crippen molar-refractivity contribution in [2.45, 2.75) is 482 Å². The average Bonchev–Trinajstić information content (AvgIpc) is 0.915. The van der Waals surface area contributed by atoms with Crippen LogP contribution in [0.1, 0.15) is 452 Å². The summed E-state index contributed by atoms with van der Waals surface area (Å²) in [4.78, 5) is 12.1. The van der Waals surface area contributed by atoms with Gasteiger partial charge in [-0.2, -0.15) is 0 Å². The molecule has 5 atom stereocenters.